The van der Waals surface area contributed by atoms with Gasteiger partial charge in [-0.15, -0.1) is 0 Å². The van der Waals surface area contributed by atoms with Gasteiger partial charge in [-0.3, -0.25) is 9.59 Å². The second kappa shape index (κ2) is 5.85. The van der Waals surface area contributed by atoms with E-state index in [-0.39, 0.29) is 17.2 Å². The molecule has 0 unspecified atom stereocenters. The van der Waals surface area contributed by atoms with Crippen molar-refractivity contribution in [2.75, 3.05) is 31.5 Å². The van der Waals surface area contributed by atoms with E-state index < -0.39 is 0 Å². The maximum atomic E-state index is 11.9. The van der Waals surface area contributed by atoms with Gasteiger partial charge in [0.05, 0.1) is 0 Å². The fourth-order valence-electron chi connectivity index (χ4n) is 1.91. The lowest BCUT2D eigenvalue weighted by atomic mass is 9.95. The predicted octanol–water partition coefficient (Wildman–Crippen LogP) is 1.49. The molecule has 0 radical (unpaired) electrons. The molecule has 0 saturated carbocycles. The molecule has 17 heavy (non-hydrogen) atoms. The highest BCUT2D eigenvalue weighted by molar-refractivity contribution is 9.09. The first kappa shape index (κ1) is 14.5. The quantitative estimate of drug-likeness (QED) is 0.570. The summed E-state index contributed by atoms with van der Waals surface area (Å²) in [5.74, 6) is -0.692. The number of carbonyl (C=O) groups is 2. The van der Waals surface area contributed by atoms with Crippen LogP contribution < -0.4 is 0 Å². The monoisotopic (exact) mass is 304 g/mol. The van der Waals surface area contributed by atoms with Crippen LogP contribution in [0.4, 0.5) is 0 Å². The number of nitrogens with zero attached hydrogens (tertiary/aromatic N) is 2. The van der Waals surface area contributed by atoms with Crippen LogP contribution in [0.25, 0.3) is 0 Å². The summed E-state index contributed by atoms with van der Waals surface area (Å²) in [6.45, 7) is 8.80. The Morgan fingerprint density at radius 3 is 2.24 bits per heavy atom. The van der Waals surface area contributed by atoms with E-state index in [4.69, 9.17) is 0 Å². The van der Waals surface area contributed by atoms with E-state index in [1.165, 1.54) is 0 Å². The van der Waals surface area contributed by atoms with Crippen LogP contribution in [0.15, 0.2) is 0 Å². The number of hydrogen-bond acceptors (Lipinski definition) is 2. The maximum Gasteiger partial charge on any atom is 0.312 e. The molecule has 98 valence electrons. The normalized spacial score (nSPS) is 17.9. The number of piperazine rings is 1. The SMILES string of the molecule is CCCN1CCN(CC(C)(C)CBr)C(=O)C1=O. The van der Waals surface area contributed by atoms with Crippen LogP contribution in [0.1, 0.15) is 27.2 Å². The largest absolute Gasteiger partial charge is 0.333 e. The Balaban J connectivity index is 2.63. The van der Waals surface area contributed by atoms with E-state index in [0.29, 0.717) is 26.2 Å². The lowest BCUT2D eigenvalue weighted by Crippen LogP contribution is -2.56. The average molecular weight is 305 g/mol. The van der Waals surface area contributed by atoms with Crippen LogP contribution >= 0.6 is 15.9 Å². The van der Waals surface area contributed by atoms with Crippen molar-refractivity contribution in [2.24, 2.45) is 5.41 Å². The van der Waals surface area contributed by atoms with Crippen LogP contribution in [0.2, 0.25) is 0 Å². The predicted molar refractivity (Wildman–Crippen MR) is 71.0 cm³/mol. The third-order valence-corrected chi connectivity index (χ3v) is 4.39. The molecule has 1 rings (SSSR count). The summed E-state index contributed by atoms with van der Waals surface area (Å²) in [4.78, 5) is 27.1. The third kappa shape index (κ3) is 3.69. The van der Waals surface area contributed by atoms with E-state index in [1.807, 2.05) is 6.92 Å². The van der Waals surface area contributed by atoms with Crippen molar-refractivity contribution in [3.05, 3.63) is 0 Å². The van der Waals surface area contributed by atoms with Crippen LogP contribution in [0.5, 0.6) is 0 Å². The van der Waals surface area contributed by atoms with E-state index in [2.05, 4.69) is 29.8 Å². The molecule has 0 bridgehead atoms. The Labute approximate surface area is 111 Å². The van der Waals surface area contributed by atoms with Crippen molar-refractivity contribution in [3.8, 4) is 0 Å². The van der Waals surface area contributed by atoms with Crippen molar-refractivity contribution in [2.45, 2.75) is 27.2 Å². The molecule has 0 aromatic heterocycles. The van der Waals surface area contributed by atoms with Gasteiger partial charge in [0.1, 0.15) is 0 Å². The molecule has 0 aromatic rings. The van der Waals surface area contributed by atoms with Crippen LogP contribution in [-0.2, 0) is 9.59 Å². The highest BCUT2D eigenvalue weighted by atomic mass is 79.9. The fourth-order valence-corrected chi connectivity index (χ4v) is 2.09. The number of amides is 2. The first-order valence-electron chi connectivity index (χ1n) is 6.05. The molecule has 0 spiro atoms. The molecule has 0 atom stereocenters. The number of hydrogen-bond donors (Lipinski definition) is 0. The van der Waals surface area contributed by atoms with Gasteiger partial charge in [-0.25, -0.2) is 0 Å². The van der Waals surface area contributed by atoms with Gasteiger partial charge >= 0.3 is 11.8 Å². The summed E-state index contributed by atoms with van der Waals surface area (Å²) in [6.07, 6.45) is 0.895. The standard InChI is InChI=1S/C12H21BrN2O2/c1-4-5-14-6-7-15(11(17)10(14)16)9-12(2,3)8-13/h4-9H2,1-3H3. The Morgan fingerprint density at radius 2 is 1.71 bits per heavy atom. The smallest absolute Gasteiger partial charge is 0.312 e. The molecule has 2 amide bonds. The van der Waals surface area contributed by atoms with Gasteiger partial charge in [0.2, 0.25) is 0 Å². The van der Waals surface area contributed by atoms with Crippen molar-refractivity contribution in [3.63, 3.8) is 0 Å². The molecule has 0 aromatic carbocycles. The van der Waals surface area contributed by atoms with Crippen molar-refractivity contribution >= 4 is 27.7 Å². The summed E-state index contributed by atoms with van der Waals surface area (Å²) in [7, 11) is 0. The maximum absolute atomic E-state index is 11.9. The second-order valence-electron chi connectivity index (χ2n) is 5.32. The average Bonchev–Trinajstić information content (AvgIpc) is 2.29. The highest BCUT2D eigenvalue weighted by Crippen LogP contribution is 2.21. The lowest BCUT2D eigenvalue weighted by molar-refractivity contribution is -0.156. The van der Waals surface area contributed by atoms with Gasteiger partial charge in [0, 0.05) is 31.5 Å². The van der Waals surface area contributed by atoms with Crippen LogP contribution in [0, 0.1) is 5.41 Å². The van der Waals surface area contributed by atoms with Gasteiger partial charge in [-0.2, -0.15) is 0 Å². The van der Waals surface area contributed by atoms with Gasteiger partial charge < -0.3 is 9.80 Å². The Morgan fingerprint density at radius 1 is 1.18 bits per heavy atom. The van der Waals surface area contributed by atoms with Gasteiger partial charge in [0.25, 0.3) is 0 Å². The third-order valence-electron chi connectivity index (χ3n) is 2.87. The molecular formula is C12H21BrN2O2. The van der Waals surface area contributed by atoms with Gasteiger partial charge in [0.15, 0.2) is 0 Å². The summed E-state index contributed by atoms with van der Waals surface area (Å²) < 4.78 is 0. The number of halogens is 1. The molecule has 1 aliphatic heterocycles. The zero-order chi connectivity index (χ0) is 13.1. The van der Waals surface area contributed by atoms with E-state index in [0.717, 1.165) is 11.8 Å². The minimum atomic E-state index is -0.348. The molecule has 4 nitrogen and oxygen atoms in total. The van der Waals surface area contributed by atoms with Crippen molar-refractivity contribution in [1.82, 2.24) is 9.80 Å². The van der Waals surface area contributed by atoms with E-state index >= 15 is 0 Å². The van der Waals surface area contributed by atoms with Crippen LogP contribution in [0.3, 0.4) is 0 Å². The first-order valence-corrected chi connectivity index (χ1v) is 7.17. The Kier molecular flexibility index (Phi) is 4.98. The van der Waals surface area contributed by atoms with E-state index in [1.54, 1.807) is 9.80 Å². The van der Waals surface area contributed by atoms with Crippen molar-refractivity contribution in [1.29, 1.82) is 0 Å². The second-order valence-corrected chi connectivity index (χ2v) is 5.88. The molecule has 5 heteroatoms. The number of rotatable bonds is 5. The summed E-state index contributed by atoms with van der Waals surface area (Å²) in [5, 5.41) is 0.816. The molecule has 1 aliphatic rings. The zero-order valence-corrected chi connectivity index (χ0v) is 12.4. The minimum absolute atomic E-state index is 0.00284. The fraction of sp³-hybridized carbons (Fsp3) is 0.833. The zero-order valence-electron chi connectivity index (χ0n) is 10.8. The lowest BCUT2D eigenvalue weighted by Gasteiger charge is -2.37. The number of alkyl halides is 1. The minimum Gasteiger partial charge on any atom is -0.333 e. The molecule has 0 aliphatic carbocycles. The molecular weight excluding hydrogens is 284 g/mol. The summed E-state index contributed by atoms with van der Waals surface area (Å²) in [5.41, 5.74) is 0.00284. The summed E-state index contributed by atoms with van der Waals surface area (Å²) >= 11 is 3.44. The first-order chi connectivity index (χ1) is 7.91. The van der Waals surface area contributed by atoms with Gasteiger partial charge in [-0.1, -0.05) is 36.7 Å². The Bertz CT molecular complexity index is 305. The molecule has 1 fully saturated rings. The Hall–Kier alpha value is -0.580. The highest BCUT2D eigenvalue weighted by Gasteiger charge is 2.34. The van der Waals surface area contributed by atoms with Crippen LogP contribution in [-0.4, -0.2) is 53.1 Å². The molecule has 1 saturated heterocycles. The molecule has 0 N–H and O–H groups in total. The number of carbonyl (C=O) groups excluding carboxylic acids is 2. The van der Waals surface area contributed by atoms with Gasteiger partial charge in [-0.05, 0) is 11.8 Å². The molecule has 1 heterocycles. The van der Waals surface area contributed by atoms with E-state index in [9.17, 15) is 9.59 Å². The topological polar surface area (TPSA) is 40.6 Å². The van der Waals surface area contributed by atoms with Crippen molar-refractivity contribution < 1.29 is 9.59 Å². The summed E-state index contributed by atoms with van der Waals surface area (Å²) in [6, 6.07) is 0.